The second-order valence-electron chi connectivity index (χ2n) is 4.00. The highest BCUT2D eigenvalue weighted by molar-refractivity contribution is 7.14. The van der Waals surface area contributed by atoms with Crippen LogP contribution in [0.2, 0.25) is 0 Å². The summed E-state index contributed by atoms with van der Waals surface area (Å²) in [4.78, 5) is 23.2. The first kappa shape index (κ1) is 15.6. The van der Waals surface area contributed by atoms with E-state index in [1.165, 1.54) is 6.07 Å². The van der Waals surface area contributed by atoms with Crippen molar-refractivity contribution in [3.63, 3.8) is 0 Å². The maximum Gasteiger partial charge on any atom is 0.344 e. The van der Waals surface area contributed by atoms with E-state index >= 15 is 0 Å². The molecule has 1 heterocycles. The lowest BCUT2D eigenvalue weighted by Crippen LogP contribution is -2.21. The molecule has 112 valence electrons. The van der Waals surface area contributed by atoms with Gasteiger partial charge in [-0.2, -0.15) is 5.26 Å². The Morgan fingerprint density at radius 1 is 1.27 bits per heavy atom. The average molecular weight is 322 g/mol. The summed E-state index contributed by atoms with van der Waals surface area (Å²) >= 11 is 1.12. The van der Waals surface area contributed by atoms with E-state index in [9.17, 15) is 18.4 Å². The minimum Gasteiger partial charge on any atom is -0.452 e. The molecule has 5 nitrogen and oxygen atoms in total. The first-order valence-electron chi connectivity index (χ1n) is 5.91. The maximum atomic E-state index is 13.4. The number of amides is 1. The lowest BCUT2D eigenvalue weighted by Gasteiger charge is -2.06. The third-order valence-corrected chi connectivity index (χ3v) is 3.37. The molecule has 1 aromatic heterocycles. The van der Waals surface area contributed by atoms with Gasteiger partial charge >= 0.3 is 5.97 Å². The number of anilines is 1. The number of carbonyl (C=O) groups is 2. The fraction of sp³-hybridized carbons (Fsp3) is 0.0714. The van der Waals surface area contributed by atoms with Gasteiger partial charge in [-0.3, -0.25) is 4.79 Å². The number of nitrogens with zero attached hydrogens (tertiary/aromatic N) is 1. The number of esters is 1. The van der Waals surface area contributed by atoms with Crippen LogP contribution in [0.25, 0.3) is 0 Å². The Morgan fingerprint density at radius 3 is 2.59 bits per heavy atom. The van der Waals surface area contributed by atoms with Gasteiger partial charge in [-0.15, -0.1) is 11.3 Å². The van der Waals surface area contributed by atoms with E-state index in [-0.39, 0.29) is 5.56 Å². The van der Waals surface area contributed by atoms with Gasteiger partial charge in [-0.05, 0) is 23.6 Å². The molecular weight excluding hydrogens is 314 g/mol. The maximum absolute atomic E-state index is 13.4. The van der Waals surface area contributed by atoms with Gasteiger partial charge in [0.15, 0.2) is 6.61 Å². The molecule has 0 atom stereocenters. The topological polar surface area (TPSA) is 79.2 Å². The molecule has 0 fully saturated rings. The number of benzene rings is 1. The largest absolute Gasteiger partial charge is 0.452 e. The van der Waals surface area contributed by atoms with Gasteiger partial charge in [0.2, 0.25) is 0 Å². The molecule has 1 amide bonds. The zero-order valence-electron chi connectivity index (χ0n) is 10.9. The summed E-state index contributed by atoms with van der Waals surface area (Å²) in [5, 5.41) is 13.1. The van der Waals surface area contributed by atoms with Crippen molar-refractivity contribution in [2.24, 2.45) is 0 Å². The number of hydrogen-bond acceptors (Lipinski definition) is 5. The van der Waals surface area contributed by atoms with Crippen LogP contribution in [0.3, 0.4) is 0 Å². The average Bonchev–Trinajstić information content (AvgIpc) is 2.92. The molecule has 0 saturated heterocycles. The fourth-order valence-corrected chi connectivity index (χ4v) is 2.31. The lowest BCUT2D eigenvalue weighted by atomic mass is 10.2. The summed E-state index contributed by atoms with van der Waals surface area (Å²) < 4.78 is 31.3. The Balaban J connectivity index is 1.97. The molecule has 0 aliphatic carbocycles. The summed E-state index contributed by atoms with van der Waals surface area (Å²) in [5.41, 5.74) is -0.589. The molecule has 1 aromatic carbocycles. The molecule has 0 bridgehead atoms. The van der Waals surface area contributed by atoms with Crippen LogP contribution in [0.5, 0.6) is 0 Å². The van der Waals surface area contributed by atoms with E-state index in [1.807, 2.05) is 6.07 Å². The van der Waals surface area contributed by atoms with Crippen LogP contribution < -0.4 is 5.32 Å². The monoisotopic (exact) mass is 322 g/mol. The van der Waals surface area contributed by atoms with E-state index in [0.717, 1.165) is 29.5 Å². The number of rotatable bonds is 4. The van der Waals surface area contributed by atoms with Gasteiger partial charge in [0.1, 0.15) is 28.3 Å². The molecule has 0 aliphatic rings. The summed E-state index contributed by atoms with van der Waals surface area (Å²) in [6, 6.07) is 6.31. The van der Waals surface area contributed by atoms with Crippen molar-refractivity contribution in [1.82, 2.24) is 0 Å². The summed E-state index contributed by atoms with van der Waals surface area (Å²) in [6.07, 6.45) is 0. The van der Waals surface area contributed by atoms with E-state index < -0.39 is 35.7 Å². The zero-order chi connectivity index (χ0) is 16.1. The van der Waals surface area contributed by atoms with E-state index in [1.54, 1.807) is 5.38 Å². The minimum absolute atomic E-state index is 0.268. The number of halogens is 2. The molecule has 0 aliphatic heterocycles. The Hall–Kier alpha value is -2.79. The summed E-state index contributed by atoms with van der Waals surface area (Å²) in [7, 11) is 0. The van der Waals surface area contributed by atoms with Crippen molar-refractivity contribution in [1.29, 1.82) is 5.26 Å². The Labute approximate surface area is 127 Å². The minimum atomic E-state index is -1.28. The molecule has 0 saturated carbocycles. The molecule has 0 radical (unpaired) electrons. The molecule has 1 N–H and O–H groups in total. The van der Waals surface area contributed by atoms with Crippen LogP contribution >= 0.6 is 11.3 Å². The number of ether oxygens (including phenoxy) is 1. The van der Waals surface area contributed by atoms with E-state index in [0.29, 0.717) is 5.00 Å². The Kier molecular flexibility index (Phi) is 4.80. The third kappa shape index (κ3) is 3.45. The van der Waals surface area contributed by atoms with Crippen LogP contribution in [-0.2, 0) is 9.53 Å². The van der Waals surface area contributed by atoms with Crippen LogP contribution in [0.1, 0.15) is 15.9 Å². The number of carbonyl (C=O) groups excluding carboxylic acids is 2. The summed E-state index contributed by atoms with van der Waals surface area (Å²) in [5.74, 6) is -4.15. The second-order valence-corrected chi connectivity index (χ2v) is 4.91. The number of nitrogens with one attached hydrogen (secondary N) is 1. The van der Waals surface area contributed by atoms with Crippen molar-refractivity contribution < 1.29 is 23.1 Å². The van der Waals surface area contributed by atoms with Gasteiger partial charge in [0, 0.05) is 0 Å². The van der Waals surface area contributed by atoms with Crippen LogP contribution in [0, 0.1) is 23.0 Å². The quantitative estimate of drug-likeness (QED) is 0.878. The van der Waals surface area contributed by atoms with Crippen molar-refractivity contribution in [2.45, 2.75) is 0 Å². The van der Waals surface area contributed by atoms with Crippen LogP contribution in [0.15, 0.2) is 29.6 Å². The molecule has 0 unspecified atom stereocenters. The first-order valence-corrected chi connectivity index (χ1v) is 6.79. The van der Waals surface area contributed by atoms with E-state index in [4.69, 9.17) is 5.26 Å². The molecule has 0 spiro atoms. The Bertz CT molecular complexity index is 747. The van der Waals surface area contributed by atoms with Gasteiger partial charge in [0.05, 0.1) is 5.56 Å². The SMILES string of the molecule is N#Cc1ccsc1NC(=O)COC(=O)c1c(F)cccc1F. The third-order valence-electron chi connectivity index (χ3n) is 2.54. The first-order chi connectivity index (χ1) is 10.5. The summed E-state index contributed by atoms with van der Waals surface area (Å²) in [6.45, 7) is -0.727. The molecule has 2 aromatic rings. The number of hydrogen-bond donors (Lipinski definition) is 1. The van der Waals surface area contributed by atoms with Gasteiger partial charge < -0.3 is 10.1 Å². The predicted octanol–water partition coefficient (Wildman–Crippen LogP) is 2.69. The molecule has 22 heavy (non-hydrogen) atoms. The lowest BCUT2D eigenvalue weighted by molar-refractivity contribution is -0.119. The molecular formula is C14H8F2N2O3S. The van der Waals surface area contributed by atoms with Crippen molar-refractivity contribution in [3.8, 4) is 6.07 Å². The zero-order valence-corrected chi connectivity index (χ0v) is 11.7. The highest BCUT2D eigenvalue weighted by Crippen LogP contribution is 2.22. The normalized spacial score (nSPS) is 9.86. The van der Waals surface area contributed by atoms with Gasteiger partial charge in [0.25, 0.3) is 5.91 Å². The standard InChI is InChI=1S/C14H8F2N2O3S/c15-9-2-1-3-10(16)12(9)14(20)21-7-11(19)18-13-8(6-17)4-5-22-13/h1-5H,7H2,(H,18,19). The van der Waals surface area contributed by atoms with Crippen LogP contribution in [0.4, 0.5) is 13.8 Å². The number of thiophene rings is 1. The van der Waals surface area contributed by atoms with Gasteiger partial charge in [-0.25, -0.2) is 13.6 Å². The van der Waals surface area contributed by atoms with Crippen molar-refractivity contribution >= 4 is 28.2 Å². The second kappa shape index (κ2) is 6.78. The van der Waals surface area contributed by atoms with Crippen molar-refractivity contribution in [2.75, 3.05) is 11.9 Å². The van der Waals surface area contributed by atoms with Crippen molar-refractivity contribution in [3.05, 3.63) is 52.4 Å². The van der Waals surface area contributed by atoms with Gasteiger partial charge in [-0.1, -0.05) is 6.07 Å². The highest BCUT2D eigenvalue weighted by Gasteiger charge is 2.19. The van der Waals surface area contributed by atoms with E-state index in [2.05, 4.69) is 10.1 Å². The fourth-order valence-electron chi connectivity index (χ4n) is 1.55. The highest BCUT2D eigenvalue weighted by atomic mass is 32.1. The van der Waals surface area contributed by atoms with Crippen LogP contribution in [-0.4, -0.2) is 18.5 Å². The smallest absolute Gasteiger partial charge is 0.344 e. The number of nitriles is 1. The Morgan fingerprint density at radius 2 is 1.95 bits per heavy atom. The molecule has 2 rings (SSSR count). The molecule has 8 heteroatoms. The predicted molar refractivity (Wildman–Crippen MR) is 74.3 cm³/mol.